The standard InChI is InChI=1S/C22H29ClN4O3/c1-13(2)12-27-21(23)18(16(5)26-27)10-11-20(28)24-25-22(29)17(6)30-19-9-7-8-14(3)15(19)4/h7-11,13,17H,12H2,1-6H3,(H,24,28)(H,25,29)/b11-10+. The summed E-state index contributed by atoms with van der Waals surface area (Å²) in [6.07, 6.45) is 2.10. The van der Waals surface area contributed by atoms with Crippen molar-refractivity contribution in [3.8, 4) is 5.75 Å². The zero-order valence-corrected chi connectivity index (χ0v) is 19.0. The third kappa shape index (κ3) is 6.10. The van der Waals surface area contributed by atoms with Gasteiger partial charge >= 0.3 is 0 Å². The fraction of sp³-hybridized carbons (Fsp3) is 0.409. The molecule has 2 aromatic rings. The van der Waals surface area contributed by atoms with Crippen LogP contribution >= 0.6 is 11.6 Å². The van der Waals surface area contributed by atoms with Gasteiger partial charge in [-0.2, -0.15) is 5.10 Å². The number of nitrogens with zero attached hydrogens (tertiary/aromatic N) is 2. The van der Waals surface area contributed by atoms with E-state index in [1.807, 2.05) is 32.9 Å². The fourth-order valence-corrected chi connectivity index (χ4v) is 3.05. The summed E-state index contributed by atoms with van der Waals surface area (Å²) in [5, 5.41) is 4.87. The Morgan fingerprint density at radius 2 is 1.90 bits per heavy atom. The second-order valence-electron chi connectivity index (χ2n) is 7.64. The van der Waals surface area contributed by atoms with Crippen LogP contribution in [0.25, 0.3) is 6.08 Å². The summed E-state index contributed by atoms with van der Waals surface area (Å²) in [6.45, 7) is 12.2. The Balaban J connectivity index is 1.92. The van der Waals surface area contributed by atoms with Gasteiger partial charge in [-0.05, 0) is 56.9 Å². The third-order valence-corrected chi connectivity index (χ3v) is 4.98. The van der Waals surface area contributed by atoms with Crippen molar-refractivity contribution in [2.45, 2.75) is 54.2 Å². The van der Waals surface area contributed by atoms with Crippen LogP contribution in [0.2, 0.25) is 5.15 Å². The van der Waals surface area contributed by atoms with Gasteiger partial charge in [0.25, 0.3) is 11.8 Å². The number of nitrogens with one attached hydrogen (secondary N) is 2. The van der Waals surface area contributed by atoms with Crippen LogP contribution in [0.5, 0.6) is 5.75 Å². The Morgan fingerprint density at radius 3 is 2.57 bits per heavy atom. The average molecular weight is 433 g/mol. The Morgan fingerprint density at radius 1 is 1.20 bits per heavy atom. The molecule has 0 saturated carbocycles. The molecule has 2 rings (SSSR count). The first kappa shape index (κ1) is 23.5. The van der Waals surface area contributed by atoms with Crippen molar-refractivity contribution in [2.75, 3.05) is 0 Å². The van der Waals surface area contributed by atoms with Crippen molar-refractivity contribution in [3.63, 3.8) is 0 Å². The summed E-state index contributed by atoms with van der Waals surface area (Å²) < 4.78 is 7.42. The largest absolute Gasteiger partial charge is 0.481 e. The molecule has 162 valence electrons. The molecule has 1 atom stereocenters. The van der Waals surface area contributed by atoms with Crippen molar-refractivity contribution >= 4 is 29.5 Å². The molecule has 0 aliphatic carbocycles. The Hall–Kier alpha value is -2.80. The van der Waals surface area contributed by atoms with E-state index in [9.17, 15) is 9.59 Å². The number of benzene rings is 1. The summed E-state index contributed by atoms with van der Waals surface area (Å²) >= 11 is 6.36. The molecule has 0 saturated heterocycles. The maximum atomic E-state index is 12.2. The summed E-state index contributed by atoms with van der Waals surface area (Å²) in [5.41, 5.74) is 8.15. The molecule has 30 heavy (non-hydrogen) atoms. The van der Waals surface area contributed by atoms with Crippen molar-refractivity contribution in [1.29, 1.82) is 0 Å². The van der Waals surface area contributed by atoms with E-state index in [1.165, 1.54) is 6.08 Å². The monoisotopic (exact) mass is 432 g/mol. The molecule has 1 aromatic carbocycles. The van der Waals surface area contributed by atoms with Gasteiger partial charge in [0.1, 0.15) is 10.9 Å². The van der Waals surface area contributed by atoms with Crippen molar-refractivity contribution in [3.05, 3.63) is 51.8 Å². The van der Waals surface area contributed by atoms with Crippen molar-refractivity contribution < 1.29 is 14.3 Å². The van der Waals surface area contributed by atoms with Gasteiger partial charge in [0.15, 0.2) is 6.10 Å². The number of amides is 2. The first-order chi connectivity index (χ1) is 14.1. The number of aryl methyl sites for hydroxylation is 2. The minimum absolute atomic E-state index is 0.393. The minimum Gasteiger partial charge on any atom is -0.481 e. The molecule has 1 aromatic heterocycles. The third-order valence-electron chi connectivity index (χ3n) is 4.59. The highest BCUT2D eigenvalue weighted by molar-refractivity contribution is 6.31. The van der Waals surface area contributed by atoms with Gasteiger partial charge in [0, 0.05) is 18.2 Å². The molecule has 1 unspecified atom stereocenters. The molecular formula is C22H29ClN4O3. The number of hydrogen-bond donors (Lipinski definition) is 2. The van der Waals surface area contributed by atoms with E-state index in [2.05, 4.69) is 29.8 Å². The van der Waals surface area contributed by atoms with E-state index in [-0.39, 0.29) is 0 Å². The lowest BCUT2D eigenvalue weighted by Gasteiger charge is -2.17. The normalized spacial score (nSPS) is 12.3. The van der Waals surface area contributed by atoms with E-state index in [0.717, 1.165) is 16.8 Å². The number of rotatable bonds is 7. The second-order valence-corrected chi connectivity index (χ2v) is 7.99. The highest BCUT2D eigenvalue weighted by Gasteiger charge is 2.17. The molecule has 0 aliphatic rings. The quantitative estimate of drug-likeness (QED) is 0.515. The van der Waals surface area contributed by atoms with Gasteiger partial charge in [0.05, 0.1) is 5.69 Å². The molecule has 0 bridgehead atoms. The van der Waals surface area contributed by atoms with Crippen LogP contribution in [0.15, 0.2) is 24.3 Å². The molecule has 0 radical (unpaired) electrons. The van der Waals surface area contributed by atoms with E-state index in [4.69, 9.17) is 16.3 Å². The number of ether oxygens (including phenoxy) is 1. The summed E-state index contributed by atoms with van der Waals surface area (Å²) in [5.74, 6) is 0.0725. The molecule has 0 fully saturated rings. The highest BCUT2D eigenvalue weighted by Crippen LogP contribution is 2.23. The number of carbonyl (C=O) groups excluding carboxylic acids is 2. The lowest BCUT2D eigenvalue weighted by atomic mass is 10.1. The van der Waals surface area contributed by atoms with Crippen LogP contribution in [-0.2, 0) is 16.1 Å². The maximum Gasteiger partial charge on any atom is 0.279 e. The smallest absolute Gasteiger partial charge is 0.279 e. The molecule has 0 aliphatic heterocycles. The summed E-state index contributed by atoms with van der Waals surface area (Å²) in [6, 6.07) is 5.64. The van der Waals surface area contributed by atoms with Gasteiger partial charge in [-0.15, -0.1) is 0 Å². The maximum absolute atomic E-state index is 12.2. The van der Waals surface area contributed by atoms with Gasteiger partial charge in [0.2, 0.25) is 0 Å². The molecule has 0 spiro atoms. The number of halogens is 1. The SMILES string of the molecule is Cc1cccc(OC(C)C(=O)NNC(=O)/C=C/c2c(C)nn(CC(C)C)c2Cl)c1C. The van der Waals surface area contributed by atoms with E-state index in [0.29, 0.717) is 28.9 Å². The van der Waals surface area contributed by atoms with Gasteiger partial charge < -0.3 is 4.74 Å². The molecular weight excluding hydrogens is 404 g/mol. The number of carbonyl (C=O) groups is 2. The van der Waals surface area contributed by atoms with E-state index in [1.54, 1.807) is 23.7 Å². The predicted molar refractivity (Wildman–Crippen MR) is 118 cm³/mol. The van der Waals surface area contributed by atoms with Gasteiger partial charge in [-0.1, -0.05) is 37.6 Å². The average Bonchev–Trinajstić information content (AvgIpc) is 2.94. The molecule has 2 amide bonds. The topological polar surface area (TPSA) is 85.2 Å². The zero-order chi connectivity index (χ0) is 22.4. The van der Waals surface area contributed by atoms with Crippen LogP contribution in [0.1, 0.15) is 43.2 Å². The van der Waals surface area contributed by atoms with Crippen molar-refractivity contribution in [2.24, 2.45) is 5.92 Å². The Labute approximate surface area is 182 Å². The number of aromatic nitrogens is 2. The zero-order valence-electron chi connectivity index (χ0n) is 18.2. The first-order valence-corrected chi connectivity index (χ1v) is 10.2. The van der Waals surface area contributed by atoms with Crippen molar-refractivity contribution in [1.82, 2.24) is 20.6 Å². The van der Waals surface area contributed by atoms with Crippen LogP contribution in [0, 0.1) is 26.7 Å². The first-order valence-electron chi connectivity index (χ1n) is 9.83. The Kier molecular flexibility index (Phi) is 8.06. The van der Waals surface area contributed by atoms with Gasteiger partial charge in [-0.3, -0.25) is 25.1 Å². The number of hydrogen-bond acceptors (Lipinski definition) is 4. The predicted octanol–water partition coefficient (Wildman–Crippen LogP) is 3.75. The fourth-order valence-electron chi connectivity index (χ4n) is 2.74. The Bertz CT molecular complexity index is 950. The minimum atomic E-state index is -0.777. The van der Waals surface area contributed by atoms with Crippen LogP contribution < -0.4 is 15.6 Å². The molecule has 7 nitrogen and oxygen atoms in total. The van der Waals surface area contributed by atoms with Crippen LogP contribution in [0.3, 0.4) is 0 Å². The van der Waals surface area contributed by atoms with Crippen LogP contribution in [0.4, 0.5) is 0 Å². The molecule has 2 N–H and O–H groups in total. The van der Waals surface area contributed by atoms with Gasteiger partial charge in [-0.25, -0.2) is 0 Å². The number of hydrazine groups is 1. The van der Waals surface area contributed by atoms with Crippen LogP contribution in [-0.4, -0.2) is 27.7 Å². The van der Waals surface area contributed by atoms with E-state index < -0.39 is 17.9 Å². The summed E-state index contributed by atoms with van der Waals surface area (Å²) in [4.78, 5) is 24.3. The lowest BCUT2D eigenvalue weighted by Crippen LogP contribution is -2.46. The lowest BCUT2D eigenvalue weighted by molar-refractivity contribution is -0.131. The molecule has 1 heterocycles. The highest BCUT2D eigenvalue weighted by atomic mass is 35.5. The van der Waals surface area contributed by atoms with E-state index >= 15 is 0 Å². The molecule has 8 heteroatoms. The second kappa shape index (κ2) is 10.3. The summed E-state index contributed by atoms with van der Waals surface area (Å²) in [7, 11) is 0.